The van der Waals surface area contributed by atoms with Gasteiger partial charge in [-0.15, -0.1) is 0 Å². The van der Waals surface area contributed by atoms with Crippen LogP contribution in [0.5, 0.6) is 0 Å². The van der Waals surface area contributed by atoms with Crippen LogP contribution in [-0.2, 0) is 0 Å². The van der Waals surface area contributed by atoms with E-state index in [1.807, 2.05) is 19.9 Å². The highest BCUT2D eigenvalue weighted by atomic mass is 14.7. The Kier molecular flexibility index (Phi) is 2.80. The quantitative estimate of drug-likeness (QED) is 0.671. The minimum absolute atomic E-state index is 0.687. The molecule has 0 saturated heterocycles. The first kappa shape index (κ1) is 8.71. The number of hydrogen-bond donors (Lipinski definition) is 1. The number of aromatic nitrogens is 1. The number of anilines is 1. The third-order valence-electron chi connectivity index (χ3n) is 1.64. The van der Waals surface area contributed by atoms with Gasteiger partial charge in [-0.3, -0.25) is 9.98 Å². The van der Waals surface area contributed by atoms with Gasteiger partial charge in [0.2, 0.25) is 0 Å². The monoisotopic (exact) mass is 163 g/mol. The molecule has 0 fully saturated rings. The van der Waals surface area contributed by atoms with Crippen molar-refractivity contribution in [3.05, 3.63) is 24.0 Å². The molecule has 0 aliphatic heterocycles. The summed E-state index contributed by atoms with van der Waals surface area (Å²) in [4.78, 5) is 8.17. The number of nitrogens with two attached hydrogens (primary N) is 1. The van der Waals surface area contributed by atoms with E-state index in [9.17, 15) is 0 Å². The Bertz CT molecular complexity index is 292. The molecule has 0 atom stereocenters. The molecule has 3 heteroatoms. The van der Waals surface area contributed by atoms with Crippen molar-refractivity contribution in [3.63, 3.8) is 0 Å². The first-order valence-corrected chi connectivity index (χ1v) is 3.96. The number of rotatable bonds is 2. The Hall–Kier alpha value is -1.38. The molecular weight excluding hydrogens is 150 g/mol. The van der Waals surface area contributed by atoms with Gasteiger partial charge in [0.1, 0.15) is 0 Å². The molecule has 0 unspecified atom stereocenters. The van der Waals surface area contributed by atoms with Gasteiger partial charge in [0.05, 0.1) is 11.9 Å². The van der Waals surface area contributed by atoms with Crippen molar-refractivity contribution in [1.29, 1.82) is 0 Å². The van der Waals surface area contributed by atoms with Gasteiger partial charge >= 0.3 is 0 Å². The normalized spacial score (nSPS) is 11.7. The summed E-state index contributed by atoms with van der Waals surface area (Å²) in [5.74, 6) is 0. The van der Waals surface area contributed by atoms with Gasteiger partial charge in [-0.25, -0.2) is 0 Å². The Balaban J connectivity index is 3.02. The van der Waals surface area contributed by atoms with Crippen LogP contribution in [0.25, 0.3) is 0 Å². The predicted molar refractivity (Wildman–Crippen MR) is 51.4 cm³/mol. The lowest BCUT2D eigenvalue weighted by atomic mass is 10.1. The van der Waals surface area contributed by atoms with Crippen LogP contribution in [0, 0.1) is 0 Å². The fourth-order valence-corrected chi connectivity index (χ4v) is 1.06. The molecule has 0 amide bonds. The van der Waals surface area contributed by atoms with Crippen LogP contribution in [0.15, 0.2) is 23.5 Å². The first-order valence-electron chi connectivity index (χ1n) is 3.96. The zero-order chi connectivity index (χ0) is 8.97. The number of hydrogen-bond acceptors (Lipinski definition) is 3. The largest absolute Gasteiger partial charge is 0.397 e. The molecule has 0 aliphatic rings. The number of nitrogens with zero attached hydrogens (tertiary/aromatic N) is 2. The molecule has 0 radical (unpaired) electrons. The van der Waals surface area contributed by atoms with Crippen molar-refractivity contribution in [1.82, 2.24) is 4.98 Å². The summed E-state index contributed by atoms with van der Waals surface area (Å²) in [6.07, 6.45) is 3.37. The van der Waals surface area contributed by atoms with Crippen molar-refractivity contribution in [2.45, 2.75) is 13.8 Å². The molecular formula is C9H13N3. The molecule has 0 aliphatic carbocycles. The second-order valence-electron chi connectivity index (χ2n) is 2.52. The summed E-state index contributed by atoms with van der Waals surface area (Å²) < 4.78 is 0. The Morgan fingerprint density at radius 2 is 2.42 bits per heavy atom. The molecule has 12 heavy (non-hydrogen) atoms. The zero-order valence-electron chi connectivity index (χ0n) is 7.41. The summed E-state index contributed by atoms with van der Waals surface area (Å²) in [5, 5.41) is 0. The van der Waals surface area contributed by atoms with E-state index in [1.54, 1.807) is 12.4 Å². The van der Waals surface area contributed by atoms with Crippen molar-refractivity contribution in [2.24, 2.45) is 4.99 Å². The van der Waals surface area contributed by atoms with Gasteiger partial charge in [-0.2, -0.15) is 0 Å². The lowest BCUT2D eigenvalue weighted by molar-refractivity contribution is 1.12. The summed E-state index contributed by atoms with van der Waals surface area (Å²) in [7, 11) is 0. The van der Waals surface area contributed by atoms with Crippen LogP contribution in [0.2, 0.25) is 0 Å². The lowest BCUT2D eigenvalue weighted by Gasteiger charge is -2.02. The van der Waals surface area contributed by atoms with Crippen molar-refractivity contribution < 1.29 is 0 Å². The average molecular weight is 163 g/mol. The third-order valence-corrected chi connectivity index (χ3v) is 1.64. The lowest BCUT2D eigenvalue weighted by Crippen LogP contribution is -2.01. The van der Waals surface area contributed by atoms with E-state index in [2.05, 4.69) is 9.98 Å². The van der Waals surface area contributed by atoms with E-state index in [0.29, 0.717) is 5.69 Å². The molecule has 0 bridgehead atoms. The summed E-state index contributed by atoms with van der Waals surface area (Å²) in [6, 6.07) is 1.88. The topological polar surface area (TPSA) is 51.3 Å². The van der Waals surface area contributed by atoms with Crippen molar-refractivity contribution in [3.8, 4) is 0 Å². The second kappa shape index (κ2) is 3.85. The van der Waals surface area contributed by atoms with Crippen LogP contribution >= 0.6 is 0 Å². The zero-order valence-corrected chi connectivity index (χ0v) is 7.41. The highest BCUT2D eigenvalue weighted by Gasteiger charge is 1.99. The van der Waals surface area contributed by atoms with Crippen LogP contribution in [0.1, 0.15) is 19.4 Å². The summed E-state index contributed by atoms with van der Waals surface area (Å²) in [6.45, 7) is 4.74. The van der Waals surface area contributed by atoms with E-state index < -0.39 is 0 Å². The van der Waals surface area contributed by atoms with Crippen LogP contribution in [0.4, 0.5) is 5.69 Å². The maximum absolute atomic E-state index is 5.71. The van der Waals surface area contributed by atoms with E-state index in [-0.39, 0.29) is 0 Å². The van der Waals surface area contributed by atoms with Gasteiger partial charge in [0, 0.05) is 24.0 Å². The van der Waals surface area contributed by atoms with E-state index in [1.165, 1.54) is 0 Å². The maximum atomic E-state index is 5.71. The minimum atomic E-state index is 0.687. The molecule has 1 heterocycles. The van der Waals surface area contributed by atoms with E-state index >= 15 is 0 Å². The van der Waals surface area contributed by atoms with Crippen LogP contribution < -0.4 is 5.73 Å². The average Bonchev–Trinajstić information content (AvgIpc) is 2.05. The molecule has 0 saturated carbocycles. The van der Waals surface area contributed by atoms with Crippen LogP contribution in [-0.4, -0.2) is 17.2 Å². The number of pyridine rings is 1. The summed E-state index contributed by atoms with van der Waals surface area (Å²) in [5.41, 5.74) is 8.34. The third kappa shape index (κ3) is 1.81. The first-order chi connectivity index (χ1) is 5.75. The van der Waals surface area contributed by atoms with Gasteiger partial charge in [0.15, 0.2) is 0 Å². The molecule has 1 aromatic rings. The highest BCUT2D eigenvalue weighted by Crippen LogP contribution is 2.09. The number of aliphatic imine (C=N–C) groups is 1. The second-order valence-corrected chi connectivity index (χ2v) is 2.52. The van der Waals surface area contributed by atoms with Crippen molar-refractivity contribution in [2.75, 3.05) is 12.3 Å². The smallest absolute Gasteiger partial charge is 0.0592 e. The number of nitrogen functional groups attached to an aromatic ring is 1. The Morgan fingerprint density at radius 3 is 3.00 bits per heavy atom. The van der Waals surface area contributed by atoms with Crippen molar-refractivity contribution >= 4 is 11.4 Å². The van der Waals surface area contributed by atoms with Gasteiger partial charge in [0.25, 0.3) is 0 Å². The van der Waals surface area contributed by atoms with Gasteiger partial charge in [-0.05, 0) is 19.9 Å². The molecule has 3 nitrogen and oxygen atoms in total. The Labute approximate surface area is 72.3 Å². The predicted octanol–water partition coefficient (Wildman–Crippen LogP) is 1.49. The molecule has 64 valence electrons. The van der Waals surface area contributed by atoms with Crippen LogP contribution in [0.3, 0.4) is 0 Å². The maximum Gasteiger partial charge on any atom is 0.0592 e. The Morgan fingerprint density at radius 1 is 1.67 bits per heavy atom. The highest BCUT2D eigenvalue weighted by molar-refractivity contribution is 6.02. The molecule has 0 aromatic carbocycles. The SMILES string of the molecule is CCN=C(C)c1ccncc1N. The molecule has 0 spiro atoms. The minimum Gasteiger partial charge on any atom is -0.397 e. The standard InChI is InChI=1S/C9H13N3/c1-3-12-7(2)8-4-5-11-6-9(8)10/h4-6H,3,10H2,1-2H3. The molecule has 2 N–H and O–H groups in total. The fraction of sp³-hybridized carbons (Fsp3) is 0.333. The molecule has 1 rings (SSSR count). The van der Waals surface area contributed by atoms with E-state index in [4.69, 9.17) is 5.73 Å². The van der Waals surface area contributed by atoms with Gasteiger partial charge < -0.3 is 5.73 Å². The van der Waals surface area contributed by atoms with E-state index in [0.717, 1.165) is 17.8 Å². The van der Waals surface area contributed by atoms with Gasteiger partial charge in [-0.1, -0.05) is 0 Å². The molecule has 1 aromatic heterocycles. The fourth-order valence-electron chi connectivity index (χ4n) is 1.06. The summed E-state index contributed by atoms with van der Waals surface area (Å²) >= 11 is 0.